The lowest BCUT2D eigenvalue weighted by atomic mass is 10.0. The molecule has 2 heterocycles. The molecule has 0 aliphatic carbocycles. The van der Waals surface area contributed by atoms with Gasteiger partial charge in [-0.05, 0) is 13.1 Å². The number of aromatic nitrogens is 2. The van der Waals surface area contributed by atoms with Crippen molar-refractivity contribution in [3.8, 4) is 0 Å². The Hall–Kier alpha value is -0.950. The van der Waals surface area contributed by atoms with Gasteiger partial charge in [-0.15, -0.1) is 0 Å². The molecule has 1 fully saturated rings. The number of methoxy groups -OCH3 is 1. The molecule has 1 aliphatic rings. The maximum Gasteiger partial charge on any atom is 0.108 e. The summed E-state index contributed by atoms with van der Waals surface area (Å²) in [5.41, 5.74) is 1.10. The van der Waals surface area contributed by atoms with E-state index in [1.165, 1.54) is 0 Å². The molecule has 1 N–H and O–H groups in total. The Bertz CT molecular complexity index is 382. The molecule has 3 atom stereocenters. The van der Waals surface area contributed by atoms with E-state index in [1.54, 1.807) is 13.3 Å². The minimum Gasteiger partial charge on any atom is -0.389 e. The van der Waals surface area contributed by atoms with Gasteiger partial charge in [0.05, 0.1) is 24.9 Å². The van der Waals surface area contributed by atoms with Crippen LogP contribution in [0.2, 0.25) is 0 Å². The Morgan fingerprint density at radius 3 is 3.00 bits per heavy atom. The van der Waals surface area contributed by atoms with E-state index in [0.29, 0.717) is 13.2 Å². The highest BCUT2D eigenvalue weighted by Crippen LogP contribution is 2.17. The summed E-state index contributed by atoms with van der Waals surface area (Å²) in [7, 11) is 5.48. The van der Waals surface area contributed by atoms with Crippen molar-refractivity contribution in [1.82, 2.24) is 14.7 Å². The minimum absolute atomic E-state index is 0.0569. The molecule has 0 bridgehead atoms. The van der Waals surface area contributed by atoms with Gasteiger partial charge in [-0.3, -0.25) is 9.58 Å². The Morgan fingerprint density at radius 1 is 1.61 bits per heavy atom. The van der Waals surface area contributed by atoms with Crippen LogP contribution in [0.15, 0.2) is 12.3 Å². The van der Waals surface area contributed by atoms with Crippen LogP contribution in [-0.2, 0) is 23.1 Å². The van der Waals surface area contributed by atoms with Crippen molar-refractivity contribution in [3.63, 3.8) is 0 Å². The average Bonchev–Trinajstić information content (AvgIpc) is 2.75. The monoisotopic (exact) mass is 255 g/mol. The summed E-state index contributed by atoms with van der Waals surface area (Å²) in [5.74, 6) is 0. The number of ether oxygens (including phenoxy) is 2. The summed E-state index contributed by atoms with van der Waals surface area (Å²) < 4.78 is 12.5. The van der Waals surface area contributed by atoms with Gasteiger partial charge in [-0.1, -0.05) is 0 Å². The fourth-order valence-corrected chi connectivity index (χ4v) is 2.27. The average molecular weight is 255 g/mol. The molecular weight excluding hydrogens is 234 g/mol. The predicted octanol–water partition coefficient (Wildman–Crippen LogP) is -0.373. The number of likely N-dealkylation sites (N-methyl/N-ethyl adjacent to an activating group) is 1. The lowest BCUT2D eigenvalue weighted by Gasteiger charge is -2.38. The molecule has 0 aromatic carbocycles. The van der Waals surface area contributed by atoms with Gasteiger partial charge in [0, 0.05) is 26.9 Å². The van der Waals surface area contributed by atoms with Crippen LogP contribution < -0.4 is 0 Å². The van der Waals surface area contributed by atoms with Crippen molar-refractivity contribution in [2.75, 3.05) is 27.4 Å². The summed E-state index contributed by atoms with van der Waals surface area (Å²) >= 11 is 0. The summed E-state index contributed by atoms with van der Waals surface area (Å²) in [6.45, 7) is 1.70. The maximum absolute atomic E-state index is 10.2. The topological polar surface area (TPSA) is 59.8 Å². The molecule has 0 radical (unpaired) electrons. The maximum atomic E-state index is 10.2. The highest BCUT2D eigenvalue weighted by Gasteiger charge is 2.35. The Morgan fingerprint density at radius 2 is 2.39 bits per heavy atom. The van der Waals surface area contributed by atoms with Crippen molar-refractivity contribution in [2.24, 2.45) is 7.05 Å². The van der Waals surface area contributed by atoms with E-state index in [0.717, 1.165) is 12.2 Å². The summed E-state index contributed by atoms with van der Waals surface area (Å²) in [6.07, 6.45) is 0.995. The van der Waals surface area contributed by atoms with Crippen LogP contribution in [0.3, 0.4) is 0 Å². The van der Waals surface area contributed by atoms with Gasteiger partial charge in [-0.2, -0.15) is 5.10 Å². The highest BCUT2D eigenvalue weighted by molar-refractivity contribution is 5.00. The third-order valence-electron chi connectivity index (χ3n) is 3.55. The van der Waals surface area contributed by atoms with Gasteiger partial charge in [0.1, 0.15) is 12.2 Å². The van der Waals surface area contributed by atoms with Crippen molar-refractivity contribution >= 4 is 0 Å². The number of aryl methyl sites for hydroxylation is 1. The van der Waals surface area contributed by atoms with E-state index in [9.17, 15) is 5.11 Å². The molecule has 18 heavy (non-hydrogen) atoms. The Labute approximate surface area is 107 Å². The van der Waals surface area contributed by atoms with E-state index in [1.807, 2.05) is 24.8 Å². The first-order valence-corrected chi connectivity index (χ1v) is 6.09. The molecule has 0 spiro atoms. The number of aliphatic hydroxyl groups is 1. The second-order valence-electron chi connectivity index (χ2n) is 4.73. The SMILES string of the molecule is CO[C@@H]1COC[C@@H](N(C)Cc2ccnn2C)[C@@H]1O. The van der Waals surface area contributed by atoms with Crippen LogP contribution in [0.25, 0.3) is 0 Å². The molecule has 6 heteroatoms. The fraction of sp³-hybridized carbons (Fsp3) is 0.750. The van der Waals surface area contributed by atoms with Gasteiger partial charge >= 0.3 is 0 Å². The number of nitrogens with zero attached hydrogens (tertiary/aromatic N) is 3. The van der Waals surface area contributed by atoms with Crippen molar-refractivity contribution in [1.29, 1.82) is 0 Å². The minimum atomic E-state index is -0.526. The molecule has 0 unspecified atom stereocenters. The van der Waals surface area contributed by atoms with E-state index in [4.69, 9.17) is 9.47 Å². The van der Waals surface area contributed by atoms with Crippen LogP contribution >= 0.6 is 0 Å². The third-order valence-corrected chi connectivity index (χ3v) is 3.55. The van der Waals surface area contributed by atoms with E-state index >= 15 is 0 Å². The molecule has 1 aromatic rings. The summed E-state index contributed by atoms with van der Waals surface area (Å²) in [5, 5.41) is 14.4. The zero-order valence-corrected chi connectivity index (χ0v) is 11.1. The van der Waals surface area contributed by atoms with Gasteiger partial charge in [-0.25, -0.2) is 0 Å². The number of hydrogen-bond acceptors (Lipinski definition) is 5. The first-order valence-electron chi connectivity index (χ1n) is 6.09. The largest absolute Gasteiger partial charge is 0.389 e. The van der Waals surface area contributed by atoms with Gasteiger partial charge in [0.2, 0.25) is 0 Å². The van der Waals surface area contributed by atoms with Crippen molar-refractivity contribution in [3.05, 3.63) is 18.0 Å². The Balaban J connectivity index is 2.00. The molecular formula is C12H21N3O3. The molecule has 102 valence electrons. The molecule has 0 amide bonds. The molecule has 2 rings (SSSR count). The molecule has 1 saturated heterocycles. The van der Waals surface area contributed by atoms with Crippen LogP contribution in [0, 0.1) is 0 Å². The van der Waals surface area contributed by atoms with Crippen LogP contribution in [-0.4, -0.2) is 65.4 Å². The zero-order chi connectivity index (χ0) is 13.1. The van der Waals surface area contributed by atoms with E-state index < -0.39 is 6.10 Å². The van der Waals surface area contributed by atoms with Gasteiger partial charge in [0.25, 0.3) is 0 Å². The molecule has 6 nitrogen and oxygen atoms in total. The third kappa shape index (κ3) is 2.72. The fourth-order valence-electron chi connectivity index (χ4n) is 2.27. The first kappa shape index (κ1) is 13.5. The summed E-state index contributed by atoms with van der Waals surface area (Å²) in [6, 6.07) is 1.92. The van der Waals surface area contributed by atoms with Crippen molar-refractivity contribution < 1.29 is 14.6 Å². The van der Waals surface area contributed by atoms with Gasteiger partial charge in [0.15, 0.2) is 0 Å². The van der Waals surface area contributed by atoms with Crippen molar-refractivity contribution in [2.45, 2.75) is 24.8 Å². The van der Waals surface area contributed by atoms with Crippen LogP contribution in [0.5, 0.6) is 0 Å². The van der Waals surface area contributed by atoms with E-state index in [-0.39, 0.29) is 12.1 Å². The zero-order valence-electron chi connectivity index (χ0n) is 11.1. The van der Waals surface area contributed by atoms with Crippen LogP contribution in [0.4, 0.5) is 0 Å². The van der Waals surface area contributed by atoms with E-state index in [2.05, 4.69) is 10.00 Å². The normalized spacial score (nSPS) is 28.8. The second-order valence-corrected chi connectivity index (χ2v) is 4.73. The quantitative estimate of drug-likeness (QED) is 0.795. The van der Waals surface area contributed by atoms with Gasteiger partial charge < -0.3 is 14.6 Å². The second kappa shape index (κ2) is 5.79. The molecule has 0 saturated carbocycles. The molecule has 1 aromatic heterocycles. The number of hydrogen-bond donors (Lipinski definition) is 1. The standard InChI is InChI=1S/C12H21N3O3/c1-14(6-9-4-5-13-15(9)2)10-7-18-8-11(17-3)12(10)16/h4-5,10-12,16H,6-8H2,1-3H3/t10-,11-,12+/m1/s1. The molecule has 1 aliphatic heterocycles. The highest BCUT2D eigenvalue weighted by atomic mass is 16.5. The number of aliphatic hydroxyl groups excluding tert-OH is 1. The lowest BCUT2D eigenvalue weighted by molar-refractivity contribution is -0.142. The number of rotatable bonds is 4. The lowest BCUT2D eigenvalue weighted by Crippen LogP contribution is -2.55. The smallest absolute Gasteiger partial charge is 0.108 e. The predicted molar refractivity (Wildman–Crippen MR) is 66.1 cm³/mol. The summed E-state index contributed by atoms with van der Waals surface area (Å²) in [4.78, 5) is 2.08. The van der Waals surface area contributed by atoms with Crippen LogP contribution in [0.1, 0.15) is 5.69 Å². The Kier molecular flexibility index (Phi) is 4.34. The first-order chi connectivity index (χ1) is 8.63.